The summed E-state index contributed by atoms with van der Waals surface area (Å²) in [5.41, 5.74) is 5.35. The van der Waals surface area contributed by atoms with Gasteiger partial charge in [-0.3, -0.25) is 4.79 Å². The molecule has 1 aliphatic heterocycles. The van der Waals surface area contributed by atoms with Crippen LogP contribution < -0.4 is 10.6 Å². The van der Waals surface area contributed by atoms with Crippen molar-refractivity contribution >= 4 is 11.7 Å². The summed E-state index contributed by atoms with van der Waals surface area (Å²) in [6.07, 6.45) is 2.58. The summed E-state index contributed by atoms with van der Waals surface area (Å²) < 4.78 is 0. The number of hydrogen-bond acceptors (Lipinski definition) is 4. The molecule has 0 radical (unpaired) electrons. The minimum atomic E-state index is -0.423. The molecule has 1 aromatic rings. The Kier molecular flexibility index (Phi) is 4.60. The second-order valence-electron chi connectivity index (χ2n) is 5.59. The second-order valence-corrected chi connectivity index (χ2v) is 5.59. The van der Waals surface area contributed by atoms with Crippen LogP contribution in [-0.2, 0) is 4.79 Å². The van der Waals surface area contributed by atoms with Crippen LogP contribution in [-0.4, -0.2) is 48.5 Å². The lowest BCUT2D eigenvalue weighted by Crippen LogP contribution is -2.54. The fraction of sp³-hybridized carbons (Fsp3) is 0.600. The molecule has 0 aromatic carbocycles. The number of nitrogens with two attached hydrogens (primary N) is 1. The van der Waals surface area contributed by atoms with Crippen LogP contribution in [0.2, 0.25) is 0 Å². The van der Waals surface area contributed by atoms with E-state index >= 15 is 0 Å². The number of carbonyl (C=O) groups excluding carboxylic acids is 1. The van der Waals surface area contributed by atoms with Crippen molar-refractivity contribution in [2.75, 3.05) is 37.6 Å². The van der Waals surface area contributed by atoms with Gasteiger partial charge in [-0.05, 0) is 25.5 Å². The molecular formula is C15H24N4O. The van der Waals surface area contributed by atoms with Crippen molar-refractivity contribution in [2.45, 2.75) is 20.3 Å². The van der Waals surface area contributed by atoms with E-state index in [4.69, 9.17) is 5.73 Å². The standard InChI is InChI=1S/C15H24N4O/c1-3-15(2,12-16)14(20)19-10-8-18(9-11-19)13-6-4-5-7-17-13/h4-7H,3,8-12,16H2,1-2H3. The highest BCUT2D eigenvalue weighted by atomic mass is 16.2. The molecule has 5 heteroatoms. The predicted molar refractivity (Wildman–Crippen MR) is 80.5 cm³/mol. The summed E-state index contributed by atoms with van der Waals surface area (Å²) >= 11 is 0. The minimum absolute atomic E-state index is 0.183. The Hall–Kier alpha value is -1.62. The topological polar surface area (TPSA) is 62.5 Å². The summed E-state index contributed by atoms with van der Waals surface area (Å²) in [5, 5.41) is 0. The maximum Gasteiger partial charge on any atom is 0.229 e. The Bertz CT molecular complexity index is 436. The molecule has 2 rings (SSSR count). The first-order valence-corrected chi connectivity index (χ1v) is 7.26. The monoisotopic (exact) mass is 276 g/mol. The van der Waals surface area contributed by atoms with E-state index in [0.29, 0.717) is 6.54 Å². The molecule has 2 N–H and O–H groups in total. The Balaban J connectivity index is 1.96. The number of aromatic nitrogens is 1. The highest BCUT2D eigenvalue weighted by Gasteiger charge is 2.35. The zero-order chi connectivity index (χ0) is 14.6. The number of nitrogens with zero attached hydrogens (tertiary/aromatic N) is 3. The minimum Gasteiger partial charge on any atom is -0.353 e. The van der Waals surface area contributed by atoms with Gasteiger partial charge in [0.15, 0.2) is 0 Å². The highest BCUT2D eigenvalue weighted by molar-refractivity contribution is 5.82. The number of hydrogen-bond donors (Lipinski definition) is 1. The largest absolute Gasteiger partial charge is 0.353 e. The van der Waals surface area contributed by atoms with Gasteiger partial charge in [-0.2, -0.15) is 0 Å². The molecule has 1 saturated heterocycles. The van der Waals surface area contributed by atoms with E-state index in [0.717, 1.165) is 38.4 Å². The van der Waals surface area contributed by atoms with Gasteiger partial charge in [0.25, 0.3) is 0 Å². The average molecular weight is 276 g/mol. The molecule has 2 heterocycles. The molecule has 1 aromatic heterocycles. The molecule has 0 bridgehead atoms. The summed E-state index contributed by atoms with van der Waals surface area (Å²) in [6.45, 7) is 7.52. The van der Waals surface area contributed by atoms with Gasteiger partial charge >= 0.3 is 0 Å². The van der Waals surface area contributed by atoms with Crippen LogP contribution in [0.15, 0.2) is 24.4 Å². The number of piperazine rings is 1. The van der Waals surface area contributed by atoms with Gasteiger partial charge in [0.05, 0.1) is 5.41 Å². The molecule has 1 aliphatic rings. The number of rotatable bonds is 4. The second kappa shape index (κ2) is 6.22. The molecule has 0 aliphatic carbocycles. The van der Waals surface area contributed by atoms with Gasteiger partial charge in [-0.25, -0.2) is 4.98 Å². The molecular weight excluding hydrogens is 252 g/mol. The van der Waals surface area contributed by atoms with Gasteiger partial charge in [-0.15, -0.1) is 0 Å². The molecule has 1 atom stereocenters. The summed E-state index contributed by atoms with van der Waals surface area (Å²) in [4.78, 5) is 21.1. The van der Waals surface area contributed by atoms with Crippen molar-refractivity contribution in [2.24, 2.45) is 11.1 Å². The first-order chi connectivity index (χ1) is 9.60. The van der Waals surface area contributed by atoms with Crippen molar-refractivity contribution < 1.29 is 4.79 Å². The van der Waals surface area contributed by atoms with Crippen LogP contribution in [0.4, 0.5) is 5.82 Å². The summed E-state index contributed by atoms with van der Waals surface area (Å²) in [6, 6.07) is 5.91. The van der Waals surface area contributed by atoms with E-state index in [9.17, 15) is 4.79 Å². The van der Waals surface area contributed by atoms with E-state index in [1.165, 1.54) is 0 Å². The van der Waals surface area contributed by atoms with Crippen molar-refractivity contribution in [1.82, 2.24) is 9.88 Å². The Labute approximate surface area is 120 Å². The smallest absolute Gasteiger partial charge is 0.229 e. The van der Waals surface area contributed by atoms with E-state index in [-0.39, 0.29) is 5.91 Å². The first-order valence-electron chi connectivity index (χ1n) is 7.26. The van der Waals surface area contributed by atoms with E-state index in [1.807, 2.05) is 36.9 Å². The molecule has 1 fully saturated rings. The maximum absolute atomic E-state index is 12.5. The quantitative estimate of drug-likeness (QED) is 0.894. The van der Waals surface area contributed by atoms with Gasteiger partial charge in [0.1, 0.15) is 5.82 Å². The van der Waals surface area contributed by atoms with E-state index in [1.54, 1.807) is 6.20 Å². The Morgan fingerprint density at radius 1 is 1.35 bits per heavy atom. The van der Waals surface area contributed by atoms with Gasteiger partial charge in [0.2, 0.25) is 5.91 Å². The van der Waals surface area contributed by atoms with Crippen molar-refractivity contribution in [3.63, 3.8) is 0 Å². The predicted octanol–water partition coefficient (Wildman–Crippen LogP) is 1.11. The highest BCUT2D eigenvalue weighted by Crippen LogP contribution is 2.24. The lowest BCUT2D eigenvalue weighted by molar-refractivity contribution is -0.141. The van der Waals surface area contributed by atoms with Crippen LogP contribution >= 0.6 is 0 Å². The van der Waals surface area contributed by atoms with Gasteiger partial charge in [-0.1, -0.05) is 13.0 Å². The van der Waals surface area contributed by atoms with Gasteiger partial charge in [0, 0.05) is 38.9 Å². The fourth-order valence-corrected chi connectivity index (χ4v) is 2.44. The van der Waals surface area contributed by atoms with E-state index in [2.05, 4.69) is 9.88 Å². The lowest BCUT2D eigenvalue weighted by atomic mass is 9.86. The lowest BCUT2D eigenvalue weighted by Gasteiger charge is -2.39. The number of amides is 1. The molecule has 110 valence electrons. The van der Waals surface area contributed by atoms with Crippen molar-refractivity contribution in [3.8, 4) is 0 Å². The Morgan fingerprint density at radius 2 is 2.05 bits per heavy atom. The summed E-state index contributed by atoms with van der Waals surface area (Å²) in [7, 11) is 0. The van der Waals surface area contributed by atoms with Crippen LogP contribution in [0.5, 0.6) is 0 Å². The van der Waals surface area contributed by atoms with Crippen LogP contribution in [0.1, 0.15) is 20.3 Å². The zero-order valence-corrected chi connectivity index (χ0v) is 12.4. The molecule has 0 saturated carbocycles. The molecule has 1 unspecified atom stereocenters. The number of pyridine rings is 1. The van der Waals surface area contributed by atoms with Crippen molar-refractivity contribution in [3.05, 3.63) is 24.4 Å². The van der Waals surface area contributed by atoms with Crippen LogP contribution in [0.25, 0.3) is 0 Å². The fourth-order valence-electron chi connectivity index (χ4n) is 2.44. The molecule has 20 heavy (non-hydrogen) atoms. The third kappa shape index (κ3) is 2.93. The zero-order valence-electron chi connectivity index (χ0n) is 12.4. The average Bonchev–Trinajstić information content (AvgIpc) is 2.54. The van der Waals surface area contributed by atoms with Crippen molar-refractivity contribution in [1.29, 1.82) is 0 Å². The SMILES string of the molecule is CCC(C)(CN)C(=O)N1CCN(c2ccccn2)CC1. The van der Waals surface area contributed by atoms with E-state index < -0.39 is 5.41 Å². The third-order valence-corrected chi connectivity index (χ3v) is 4.29. The number of carbonyl (C=O) groups is 1. The summed E-state index contributed by atoms with van der Waals surface area (Å²) in [5.74, 6) is 1.17. The first kappa shape index (κ1) is 14.8. The number of anilines is 1. The molecule has 5 nitrogen and oxygen atoms in total. The Morgan fingerprint density at radius 3 is 2.55 bits per heavy atom. The van der Waals surface area contributed by atoms with Crippen LogP contribution in [0.3, 0.4) is 0 Å². The van der Waals surface area contributed by atoms with Gasteiger partial charge < -0.3 is 15.5 Å². The molecule has 1 amide bonds. The maximum atomic E-state index is 12.5. The third-order valence-electron chi connectivity index (χ3n) is 4.29. The van der Waals surface area contributed by atoms with Crippen LogP contribution in [0, 0.1) is 5.41 Å². The molecule has 0 spiro atoms. The normalized spacial score (nSPS) is 18.8.